The van der Waals surface area contributed by atoms with Crippen molar-refractivity contribution in [1.82, 2.24) is 15.5 Å². The molecule has 6 nitrogen and oxygen atoms in total. The third-order valence-corrected chi connectivity index (χ3v) is 6.15. The van der Waals surface area contributed by atoms with Gasteiger partial charge in [0.1, 0.15) is 5.75 Å². The van der Waals surface area contributed by atoms with E-state index in [4.69, 9.17) is 9.47 Å². The summed E-state index contributed by atoms with van der Waals surface area (Å²) in [5.41, 5.74) is 4.21. The Morgan fingerprint density at radius 1 is 1.13 bits per heavy atom. The molecule has 1 heterocycles. The molecular formula is C24H33IN4O2. The molecule has 2 N–H and O–H groups in total. The maximum absolute atomic E-state index is 5.56. The first kappa shape index (κ1) is 23.8. The molecule has 2 atom stereocenters. The van der Waals surface area contributed by atoms with E-state index in [1.165, 1.54) is 16.7 Å². The van der Waals surface area contributed by atoms with Crippen LogP contribution in [-0.4, -0.2) is 64.4 Å². The molecule has 0 aromatic heterocycles. The topological polar surface area (TPSA) is 58.1 Å². The van der Waals surface area contributed by atoms with Gasteiger partial charge in [-0.2, -0.15) is 0 Å². The van der Waals surface area contributed by atoms with Crippen molar-refractivity contribution in [3.05, 3.63) is 65.2 Å². The molecule has 31 heavy (non-hydrogen) atoms. The van der Waals surface area contributed by atoms with Crippen molar-refractivity contribution < 1.29 is 9.47 Å². The lowest BCUT2D eigenvalue weighted by atomic mass is 9.78. The van der Waals surface area contributed by atoms with Gasteiger partial charge in [0.15, 0.2) is 5.96 Å². The number of hydrogen-bond acceptors (Lipinski definition) is 4. The molecule has 1 fully saturated rings. The summed E-state index contributed by atoms with van der Waals surface area (Å²) in [6.07, 6.45) is 1.14. The lowest BCUT2D eigenvalue weighted by molar-refractivity contribution is 0.0170. The minimum Gasteiger partial charge on any atom is -0.497 e. The van der Waals surface area contributed by atoms with Crippen LogP contribution in [0, 0.1) is 0 Å². The van der Waals surface area contributed by atoms with Crippen LogP contribution in [-0.2, 0) is 11.2 Å². The molecule has 0 bridgehead atoms. The van der Waals surface area contributed by atoms with Gasteiger partial charge in [0.25, 0.3) is 0 Å². The monoisotopic (exact) mass is 536 g/mol. The van der Waals surface area contributed by atoms with E-state index in [0.717, 1.165) is 57.5 Å². The van der Waals surface area contributed by atoms with Crippen LogP contribution < -0.4 is 15.4 Å². The minimum atomic E-state index is 0. The van der Waals surface area contributed by atoms with E-state index < -0.39 is 0 Å². The molecular weight excluding hydrogens is 503 g/mol. The van der Waals surface area contributed by atoms with Crippen LogP contribution in [0.4, 0.5) is 0 Å². The Kier molecular flexibility index (Phi) is 8.98. The van der Waals surface area contributed by atoms with E-state index in [1.54, 1.807) is 7.11 Å². The number of morpholine rings is 1. The summed E-state index contributed by atoms with van der Waals surface area (Å²) in [4.78, 5) is 6.92. The number of ether oxygens (including phenoxy) is 2. The van der Waals surface area contributed by atoms with Crippen LogP contribution in [0.2, 0.25) is 0 Å². The standard InChI is InChI=1S/C24H32N4O2.HI/c1-25-24(26-16-20-15-19-5-3-4-6-22(19)20)27-17-23(28-11-13-30-14-12-28)18-7-9-21(29-2)10-8-18;/h3-10,20,23H,11-17H2,1-2H3,(H2,25,26,27);1H. The lowest BCUT2D eigenvalue weighted by Crippen LogP contribution is -2.47. The van der Waals surface area contributed by atoms with Crippen LogP contribution in [0.3, 0.4) is 0 Å². The molecule has 0 saturated carbocycles. The van der Waals surface area contributed by atoms with Crippen LogP contribution in [0.15, 0.2) is 53.5 Å². The number of fused-ring (bicyclic) bond motifs is 1. The molecule has 2 aliphatic rings. The van der Waals surface area contributed by atoms with Crippen LogP contribution >= 0.6 is 24.0 Å². The second-order valence-electron chi connectivity index (χ2n) is 7.87. The van der Waals surface area contributed by atoms with Crippen molar-refractivity contribution in [2.24, 2.45) is 4.99 Å². The highest BCUT2D eigenvalue weighted by molar-refractivity contribution is 14.0. The van der Waals surface area contributed by atoms with Crippen LogP contribution in [0.5, 0.6) is 5.75 Å². The first-order valence-electron chi connectivity index (χ1n) is 10.8. The number of nitrogens with one attached hydrogen (secondary N) is 2. The number of halogens is 1. The van der Waals surface area contributed by atoms with E-state index in [0.29, 0.717) is 5.92 Å². The fraction of sp³-hybridized carbons (Fsp3) is 0.458. The molecule has 2 aromatic carbocycles. The number of aliphatic imine (C=N–C) groups is 1. The third kappa shape index (κ3) is 5.90. The van der Waals surface area contributed by atoms with E-state index in [1.807, 2.05) is 19.2 Å². The van der Waals surface area contributed by atoms with Gasteiger partial charge in [0, 0.05) is 39.1 Å². The van der Waals surface area contributed by atoms with Gasteiger partial charge < -0.3 is 20.1 Å². The van der Waals surface area contributed by atoms with Crippen molar-refractivity contribution in [1.29, 1.82) is 0 Å². The zero-order chi connectivity index (χ0) is 20.8. The smallest absolute Gasteiger partial charge is 0.191 e. The summed E-state index contributed by atoms with van der Waals surface area (Å²) in [7, 11) is 3.54. The van der Waals surface area contributed by atoms with E-state index in [9.17, 15) is 0 Å². The molecule has 4 rings (SSSR count). The van der Waals surface area contributed by atoms with Crippen molar-refractivity contribution in [3.63, 3.8) is 0 Å². The molecule has 1 aliphatic heterocycles. The fourth-order valence-corrected chi connectivity index (χ4v) is 4.35. The Labute approximate surface area is 202 Å². The van der Waals surface area contributed by atoms with Gasteiger partial charge in [-0.3, -0.25) is 9.89 Å². The minimum absolute atomic E-state index is 0. The highest BCUT2D eigenvalue weighted by atomic mass is 127. The summed E-state index contributed by atoms with van der Waals surface area (Å²) in [6, 6.07) is 17.3. The second kappa shape index (κ2) is 11.7. The van der Waals surface area contributed by atoms with Gasteiger partial charge in [-0.25, -0.2) is 0 Å². The summed E-state index contributed by atoms with van der Waals surface area (Å²) in [5.74, 6) is 2.30. The SMILES string of the molecule is CN=C(NCC1Cc2ccccc21)NCC(c1ccc(OC)cc1)N1CCOCC1.I. The van der Waals surface area contributed by atoms with Crippen molar-refractivity contribution in [2.45, 2.75) is 18.4 Å². The summed E-state index contributed by atoms with van der Waals surface area (Å²) >= 11 is 0. The van der Waals surface area contributed by atoms with Crippen LogP contribution in [0.1, 0.15) is 28.7 Å². The molecule has 0 amide bonds. The average molecular weight is 536 g/mol. The molecule has 1 saturated heterocycles. The van der Waals surface area contributed by atoms with E-state index >= 15 is 0 Å². The van der Waals surface area contributed by atoms with Crippen molar-refractivity contribution in [2.75, 3.05) is 53.6 Å². The van der Waals surface area contributed by atoms with E-state index in [-0.39, 0.29) is 30.0 Å². The number of benzene rings is 2. The molecule has 7 heteroatoms. The zero-order valence-corrected chi connectivity index (χ0v) is 20.7. The molecule has 0 spiro atoms. The Bertz CT molecular complexity index is 853. The normalized spacial score (nSPS) is 19.4. The summed E-state index contributed by atoms with van der Waals surface area (Å²) < 4.78 is 10.9. The fourth-order valence-electron chi connectivity index (χ4n) is 4.35. The first-order valence-corrected chi connectivity index (χ1v) is 10.8. The maximum atomic E-state index is 5.56. The van der Waals surface area contributed by atoms with E-state index in [2.05, 4.69) is 56.9 Å². The predicted octanol–water partition coefficient (Wildman–Crippen LogP) is 3.19. The summed E-state index contributed by atoms with van der Waals surface area (Å²) in [6.45, 7) is 5.11. The van der Waals surface area contributed by atoms with Crippen molar-refractivity contribution in [3.8, 4) is 5.75 Å². The maximum Gasteiger partial charge on any atom is 0.191 e. The van der Waals surface area contributed by atoms with Crippen LogP contribution in [0.25, 0.3) is 0 Å². The molecule has 2 aromatic rings. The van der Waals surface area contributed by atoms with Gasteiger partial charge in [-0.15, -0.1) is 24.0 Å². The number of nitrogens with zero attached hydrogens (tertiary/aromatic N) is 2. The van der Waals surface area contributed by atoms with Crippen molar-refractivity contribution >= 4 is 29.9 Å². The molecule has 168 valence electrons. The number of guanidine groups is 1. The lowest BCUT2D eigenvalue weighted by Gasteiger charge is -2.35. The quantitative estimate of drug-likeness (QED) is 0.324. The molecule has 0 radical (unpaired) electrons. The molecule has 2 unspecified atom stereocenters. The van der Waals surface area contributed by atoms with Gasteiger partial charge in [-0.05, 0) is 35.2 Å². The number of hydrogen-bond donors (Lipinski definition) is 2. The largest absolute Gasteiger partial charge is 0.497 e. The Hall–Kier alpha value is -1.84. The Morgan fingerprint density at radius 3 is 2.55 bits per heavy atom. The predicted molar refractivity (Wildman–Crippen MR) is 136 cm³/mol. The second-order valence-corrected chi connectivity index (χ2v) is 7.87. The zero-order valence-electron chi connectivity index (χ0n) is 18.3. The number of methoxy groups -OCH3 is 1. The van der Waals surface area contributed by atoms with Gasteiger partial charge in [-0.1, -0.05) is 36.4 Å². The highest BCUT2D eigenvalue weighted by Gasteiger charge is 2.26. The Morgan fingerprint density at radius 2 is 1.87 bits per heavy atom. The third-order valence-electron chi connectivity index (χ3n) is 6.15. The molecule has 1 aliphatic carbocycles. The first-order chi connectivity index (χ1) is 14.8. The van der Waals surface area contributed by atoms with Gasteiger partial charge >= 0.3 is 0 Å². The summed E-state index contributed by atoms with van der Waals surface area (Å²) in [5, 5.41) is 7.06. The van der Waals surface area contributed by atoms with Gasteiger partial charge in [0.05, 0.1) is 26.4 Å². The average Bonchev–Trinajstić information content (AvgIpc) is 2.79. The Balaban J connectivity index is 0.00000272. The number of rotatable bonds is 7. The van der Waals surface area contributed by atoms with Gasteiger partial charge in [0.2, 0.25) is 0 Å². The highest BCUT2D eigenvalue weighted by Crippen LogP contribution is 2.34.